The predicted octanol–water partition coefficient (Wildman–Crippen LogP) is 3.37. The van der Waals surface area contributed by atoms with Crippen LogP contribution >= 0.6 is 11.5 Å². The van der Waals surface area contributed by atoms with Gasteiger partial charge in [0.15, 0.2) is 0 Å². The molecule has 0 radical (unpaired) electrons. The summed E-state index contributed by atoms with van der Waals surface area (Å²) in [5.74, 6) is 0.707. The fraction of sp³-hybridized carbons (Fsp3) is 0.800. The third kappa shape index (κ3) is 2.50. The molecule has 0 saturated heterocycles. The third-order valence-corrected chi connectivity index (χ3v) is 3.42. The summed E-state index contributed by atoms with van der Waals surface area (Å²) in [5.41, 5.74) is 1.24. The first-order chi connectivity index (χ1) is 6.47. The van der Waals surface area contributed by atoms with E-state index >= 15 is 0 Å². The Morgan fingerprint density at radius 3 is 2.38 bits per heavy atom. The minimum Gasteiger partial charge on any atom is -0.143 e. The summed E-state index contributed by atoms with van der Waals surface area (Å²) in [4.78, 5) is 0. The van der Waals surface area contributed by atoms with E-state index in [4.69, 9.17) is 0 Å². The molecule has 13 heavy (non-hydrogen) atoms. The van der Waals surface area contributed by atoms with Gasteiger partial charge in [0.25, 0.3) is 0 Å². The number of rotatable bonds is 1. The van der Waals surface area contributed by atoms with Crippen molar-refractivity contribution in [1.82, 2.24) is 9.59 Å². The minimum absolute atomic E-state index is 0.707. The molecule has 1 fully saturated rings. The molecule has 0 atom stereocenters. The zero-order valence-electron chi connectivity index (χ0n) is 7.91. The maximum absolute atomic E-state index is 4.18. The Hall–Kier alpha value is -0.440. The standard InChI is InChI=1S/C10H16N2S/c1-2-4-6-9(7-5-3-1)10-8-13-12-11-10/h8-9H,1-7H2. The van der Waals surface area contributed by atoms with Gasteiger partial charge in [0.2, 0.25) is 0 Å². The molecule has 0 amide bonds. The van der Waals surface area contributed by atoms with Crippen molar-refractivity contribution < 1.29 is 0 Å². The maximum atomic E-state index is 4.18. The number of aromatic nitrogens is 2. The summed E-state index contributed by atoms with van der Waals surface area (Å²) in [5, 5.41) is 6.30. The van der Waals surface area contributed by atoms with Crippen LogP contribution in [0.15, 0.2) is 5.38 Å². The lowest BCUT2D eigenvalue weighted by Crippen LogP contribution is -2.02. The summed E-state index contributed by atoms with van der Waals surface area (Å²) in [6.07, 6.45) is 9.66. The van der Waals surface area contributed by atoms with Gasteiger partial charge in [0, 0.05) is 11.3 Å². The normalized spacial score (nSPS) is 20.9. The lowest BCUT2D eigenvalue weighted by atomic mass is 9.89. The zero-order chi connectivity index (χ0) is 8.93. The Morgan fingerprint density at radius 2 is 1.77 bits per heavy atom. The van der Waals surface area contributed by atoms with Crippen molar-refractivity contribution in [3.8, 4) is 0 Å². The molecule has 2 nitrogen and oxygen atoms in total. The maximum Gasteiger partial charge on any atom is 0.0786 e. The van der Waals surface area contributed by atoms with Gasteiger partial charge < -0.3 is 0 Å². The van der Waals surface area contributed by atoms with Crippen molar-refractivity contribution in [2.24, 2.45) is 0 Å². The minimum atomic E-state index is 0.707. The van der Waals surface area contributed by atoms with Gasteiger partial charge in [-0.15, -0.1) is 5.10 Å². The molecule has 0 bridgehead atoms. The first-order valence-electron chi connectivity index (χ1n) is 5.24. The number of nitrogens with zero attached hydrogens (tertiary/aromatic N) is 2. The topological polar surface area (TPSA) is 25.8 Å². The van der Waals surface area contributed by atoms with Gasteiger partial charge in [0.05, 0.1) is 5.69 Å². The van der Waals surface area contributed by atoms with E-state index in [1.165, 1.54) is 62.2 Å². The van der Waals surface area contributed by atoms with Crippen LogP contribution in [0.3, 0.4) is 0 Å². The Labute approximate surface area is 83.5 Å². The van der Waals surface area contributed by atoms with Crippen LogP contribution in [0.5, 0.6) is 0 Å². The summed E-state index contributed by atoms with van der Waals surface area (Å²) in [7, 11) is 0. The molecule has 72 valence electrons. The van der Waals surface area contributed by atoms with Crippen LogP contribution in [0.25, 0.3) is 0 Å². The van der Waals surface area contributed by atoms with E-state index in [1.54, 1.807) is 0 Å². The van der Waals surface area contributed by atoms with Crippen LogP contribution in [0.4, 0.5) is 0 Å². The van der Waals surface area contributed by atoms with Gasteiger partial charge in [-0.25, -0.2) is 0 Å². The summed E-state index contributed by atoms with van der Waals surface area (Å²) in [6, 6.07) is 0. The molecule has 3 heteroatoms. The summed E-state index contributed by atoms with van der Waals surface area (Å²) in [6.45, 7) is 0. The quantitative estimate of drug-likeness (QED) is 0.688. The number of hydrogen-bond donors (Lipinski definition) is 0. The second kappa shape index (κ2) is 4.70. The van der Waals surface area contributed by atoms with Gasteiger partial charge in [-0.3, -0.25) is 0 Å². The first-order valence-corrected chi connectivity index (χ1v) is 6.07. The van der Waals surface area contributed by atoms with E-state index < -0.39 is 0 Å². The smallest absolute Gasteiger partial charge is 0.0786 e. The molecule has 1 heterocycles. The van der Waals surface area contributed by atoms with Crippen LogP contribution < -0.4 is 0 Å². The first kappa shape index (κ1) is 9.13. The van der Waals surface area contributed by atoms with Crippen LogP contribution in [-0.2, 0) is 0 Å². The SMILES string of the molecule is c1snnc1C1CCCCCCC1. The molecular weight excluding hydrogens is 180 g/mol. The molecule has 0 aliphatic heterocycles. The van der Waals surface area contributed by atoms with Crippen molar-refractivity contribution in [3.05, 3.63) is 11.1 Å². The van der Waals surface area contributed by atoms with E-state index in [1.807, 2.05) is 0 Å². The Bertz CT molecular complexity index is 225. The van der Waals surface area contributed by atoms with Crippen LogP contribution in [-0.4, -0.2) is 9.59 Å². The Balaban J connectivity index is 1.96. The highest BCUT2D eigenvalue weighted by atomic mass is 32.1. The zero-order valence-corrected chi connectivity index (χ0v) is 8.72. The molecule has 0 aromatic carbocycles. The van der Waals surface area contributed by atoms with E-state index in [0.717, 1.165) is 0 Å². The van der Waals surface area contributed by atoms with E-state index in [0.29, 0.717) is 5.92 Å². The van der Waals surface area contributed by atoms with Gasteiger partial charge >= 0.3 is 0 Å². The molecule has 0 unspecified atom stereocenters. The predicted molar refractivity (Wildman–Crippen MR) is 55.0 cm³/mol. The molecular formula is C10H16N2S. The Morgan fingerprint density at radius 1 is 1.08 bits per heavy atom. The van der Waals surface area contributed by atoms with Gasteiger partial charge in [-0.2, -0.15) is 0 Å². The highest BCUT2D eigenvalue weighted by Crippen LogP contribution is 2.29. The van der Waals surface area contributed by atoms with E-state index in [9.17, 15) is 0 Å². The molecule has 0 N–H and O–H groups in total. The molecule has 1 aliphatic carbocycles. The molecule has 2 rings (SSSR count). The Kier molecular flexibility index (Phi) is 3.30. The third-order valence-electron chi connectivity index (χ3n) is 2.90. The second-order valence-corrected chi connectivity index (χ2v) is 4.48. The fourth-order valence-electron chi connectivity index (χ4n) is 2.10. The molecule has 1 aromatic heterocycles. The van der Waals surface area contributed by atoms with E-state index in [2.05, 4.69) is 15.0 Å². The average Bonchev–Trinajstić information content (AvgIpc) is 2.55. The summed E-state index contributed by atoms with van der Waals surface area (Å²) < 4.78 is 3.94. The molecule has 1 aliphatic rings. The van der Waals surface area contributed by atoms with Crippen molar-refractivity contribution in [1.29, 1.82) is 0 Å². The fourth-order valence-corrected chi connectivity index (χ4v) is 2.64. The lowest BCUT2D eigenvalue weighted by Gasteiger charge is -2.16. The summed E-state index contributed by atoms with van der Waals surface area (Å²) >= 11 is 1.48. The number of hydrogen-bond acceptors (Lipinski definition) is 3. The monoisotopic (exact) mass is 196 g/mol. The average molecular weight is 196 g/mol. The van der Waals surface area contributed by atoms with Gasteiger partial charge in [-0.05, 0) is 24.4 Å². The molecule has 1 saturated carbocycles. The van der Waals surface area contributed by atoms with E-state index in [-0.39, 0.29) is 0 Å². The van der Waals surface area contributed by atoms with Crippen LogP contribution in [0, 0.1) is 0 Å². The lowest BCUT2D eigenvalue weighted by molar-refractivity contribution is 0.449. The van der Waals surface area contributed by atoms with Crippen molar-refractivity contribution >= 4 is 11.5 Å². The van der Waals surface area contributed by atoms with Crippen molar-refractivity contribution in [2.45, 2.75) is 50.9 Å². The highest BCUT2D eigenvalue weighted by Gasteiger charge is 2.15. The van der Waals surface area contributed by atoms with Crippen LogP contribution in [0.2, 0.25) is 0 Å². The molecule has 0 spiro atoms. The highest BCUT2D eigenvalue weighted by molar-refractivity contribution is 7.03. The van der Waals surface area contributed by atoms with Crippen molar-refractivity contribution in [3.63, 3.8) is 0 Å². The largest absolute Gasteiger partial charge is 0.143 e. The van der Waals surface area contributed by atoms with Crippen LogP contribution in [0.1, 0.15) is 56.6 Å². The van der Waals surface area contributed by atoms with Crippen molar-refractivity contribution in [2.75, 3.05) is 0 Å². The second-order valence-electron chi connectivity index (χ2n) is 3.87. The van der Waals surface area contributed by atoms with Gasteiger partial charge in [-0.1, -0.05) is 36.6 Å². The molecule has 1 aromatic rings. The van der Waals surface area contributed by atoms with Gasteiger partial charge in [0.1, 0.15) is 0 Å².